The van der Waals surface area contributed by atoms with E-state index in [2.05, 4.69) is 9.88 Å². The van der Waals surface area contributed by atoms with E-state index in [9.17, 15) is 14.7 Å². The highest BCUT2D eigenvalue weighted by Gasteiger charge is 2.26. The molecular formula is C19H22N2O4. The molecule has 1 aromatic heterocycles. The molecule has 25 heavy (non-hydrogen) atoms. The van der Waals surface area contributed by atoms with Crippen LogP contribution in [0.15, 0.2) is 41.3 Å². The van der Waals surface area contributed by atoms with Crippen LogP contribution in [0.1, 0.15) is 28.9 Å². The Kier molecular flexibility index (Phi) is 5.19. The summed E-state index contributed by atoms with van der Waals surface area (Å²) in [6.07, 6.45) is 2.91. The number of rotatable bonds is 5. The lowest BCUT2D eigenvalue weighted by Gasteiger charge is -2.31. The Morgan fingerprint density at radius 1 is 1.28 bits per heavy atom. The highest BCUT2D eigenvalue weighted by Crippen LogP contribution is 2.23. The Morgan fingerprint density at radius 3 is 2.56 bits per heavy atom. The first-order chi connectivity index (χ1) is 12.1. The number of likely N-dealkylation sites (tertiary alicyclic amines) is 1. The number of ketones is 1. The number of H-pyrrole nitrogens is 1. The van der Waals surface area contributed by atoms with E-state index in [4.69, 9.17) is 4.74 Å². The van der Waals surface area contributed by atoms with Crippen LogP contribution in [-0.2, 0) is 6.54 Å². The molecule has 0 radical (unpaired) electrons. The number of hydrogen-bond donors (Lipinski definition) is 2. The number of aromatic nitrogens is 1. The number of Topliss-reactive ketones (excluding diaryl/α,β-unsaturated/α-hetero) is 1. The molecule has 2 aromatic rings. The lowest BCUT2D eigenvalue weighted by atomic mass is 9.89. The number of pyridine rings is 1. The maximum atomic E-state index is 12.6. The molecule has 0 spiro atoms. The van der Waals surface area contributed by atoms with Gasteiger partial charge in [-0.05, 0) is 50.2 Å². The van der Waals surface area contributed by atoms with E-state index in [-0.39, 0.29) is 22.9 Å². The van der Waals surface area contributed by atoms with E-state index in [1.807, 2.05) is 24.3 Å². The SMILES string of the molecule is COc1ccc(C(=O)C2CCN(Cc3cc(=O)c(O)c[nH]3)CC2)cc1. The number of aromatic hydroxyl groups is 1. The second-order valence-corrected chi connectivity index (χ2v) is 6.35. The standard InChI is InChI=1S/C19H22N2O4/c1-25-16-4-2-13(3-5-16)19(24)14-6-8-21(9-7-14)12-15-10-17(22)18(23)11-20-15/h2-5,10-11,14,23H,6-9,12H2,1H3,(H,20,22). The molecule has 0 amide bonds. The third kappa shape index (κ3) is 4.09. The molecule has 6 heteroatoms. The van der Waals surface area contributed by atoms with Crippen molar-refractivity contribution in [3.8, 4) is 11.5 Å². The van der Waals surface area contributed by atoms with Gasteiger partial charge in [0.05, 0.1) is 7.11 Å². The fourth-order valence-electron chi connectivity index (χ4n) is 3.18. The Balaban J connectivity index is 1.56. The number of piperidine rings is 1. The summed E-state index contributed by atoms with van der Waals surface area (Å²) in [6.45, 7) is 2.21. The van der Waals surface area contributed by atoms with Crippen LogP contribution < -0.4 is 10.2 Å². The van der Waals surface area contributed by atoms with Crippen LogP contribution in [-0.4, -0.2) is 41.0 Å². The molecule has 0 aliphatic carbocycles. The predicted octanol–water partition coefficient (Wildman–Crippen LogP) is 2.18. The number of carbonyl (C=O) groups excluding carboxylic acids is 1. The highest BCUT2D eigenvalue weighted by atomic mass is 16.5. The molecule has 132 valence electrons. The fraction of sp³-hybridized carbons (Fsp3) is 0.368. The Hall–Kier alpha value is -2.60. The van der Waals surface area contributed by atoms with E-state index in [0.717, 1.165) is 42.9 Å². The third-order valence-electron chi connectivity index (χ3n) is 4.68. The fourth-order valence-corrected chi connectivity index (χ4v) is 3.18. The van der Waals surface area contributed by atoms with Crippen molar-refractivity contribution in [1.29, 1.82) is 0 Å². The first kappa shape index (κ1) is 17.2. The summed E-state index contributed by atoms with van der Waals surface area (Å²) in [5, 5.41) is 9.28. The minimum Gasteiger partial charge on any atom is -0.503 e. The summed E-state index contributed by atoms with van der Waals surface area (Å²) in [7, 11) is 1.61. The summed E-state index contributed by atoms with van der Waals surface area (Å²) in [5.74, 6) is 0.686. The van der Waals surface area contributed by atoms with Gasteiger partial charge in [0, 0.05) is 36.0 Å². The van der Waals surface area contributed by atoms with E-state index in [0.29, 0.717) is 6.54 Å². The van der Waals surface area contributed by atoms with Crippen LogP contribution in [0.25, 0.3) is 0 Å². The van der Waals surface area contributed by atoms with Crippen molar-refractivity contribution < 1.29 is 14.6 Å². The summed E-state index contributed by atoms with van der Waals surface area (Å²) < 4.78 is 5.12. The summed E-state index contributed by atoms with van der Waals surface area (Å²) >= 11 is 0. The van der Waals surface area contributed by atoms with E-state index in [1.165, 1.54) is 12.3 Å². The lowest BCUT2D eigenvalue weighted by molar-refractivity contribution is 0.0834. The predicted molar refractivity (Wildman–Crippen MR) is 94.1 cm³/mol. The highest BCUT2D eigenvalue weighted by molar-refractivity contribution is 5.98. The number of methoxy groups -OCH3 is 1. The first-order valence-electron chi connectivity index (χ1n) is 8.38. The minimum atomic E-state index is -0.377. The average Bonchev–Trinajstić information content (AvgIpc) is 2.65. The van der Waals surface area contributed by atoms with Crippen LogP contribution in [0.4, 0.5) is 0 Å². The monoisotopic (exact) mass is 342 g/mol. The Bertz CT molecular complexity index is 790. The summed E-state index contributed by atoms with van der Waals surface area (Å²) in [5.41, 5.74) is 1.11. The normalized spacial score (nSPS) is 15.9. The molecular weight excluding hydrogens is 320 g/mol. The number of aromatic amines is 1. The second-order valence-electron chi connectivity index (χ2n) is 6.35. The molecule has 0 atom stereocenters. The molecule has 0 unspecified atom stereocenters. The molecule has 1 aliphatic rings. The quantitative estimate of drug-likeness (QED) is 0.814. The van der Waals surface area contributed by atoms with Crippen molar-refractivity contribution in [1.82, 2.24) is 9.88 Å². The second kappa shape index (κ2) is 7.53. The van der Waals surface area contributed by atoms with Crippen molar-refractivity contribution in [2.45, 2.75) is 19.4 Å². The minimum absolute atomic E-state index is 0.0310. The molecule has 1 aromatic carbocycles. The Labute approximate surface area is 146 Å². The van der Waals surface area contributed by atoms with Crippen LogP contribution >= 0.6 is 0 Å². The van der Waals surface area contributed by atoms with Gasteiger partial charge >= 0.3 is 0 Å². The van der Waals surface area contributed by atoms with Gasteiger partial charge in [-0.2, -0.15) is 0 Å². The van der Waals surface area contributed by atoms with Gasteiger partial charge < -0.3 is 14.8 Å². The lowest BCUT2D eigenvalue weighted by Crippen LogP contribution is -2.36. The van der Waals surface area contributed by atoms with Gasteiger partial charge in [0.25, 0.3) is 0 Å². The van der Waals surface area contributed by atoms with Crippen LogP contribution in [0.5, 0.6) is 11.5 Å². The molecule has 2 N–H and O–H groups in total. The van der Waals surface area contributed by atoms with Gasteiger partial charge in [0.15, 0.2) is 11.5 Å². The first-order valence-corrected chi connectivity index (χ1v) is 8.38. The molecule has 3 rings (SSSR count). The number of nitrogens with zero attached hydrogens (tertiary/aromatic N) is 1. The number of benzene rings is 1. The summed E-state index contributed by atoms with van der Waals surface area (Å²) in [6, 6.07) is 8.67. The van der Waals surface area contributed by atoms with E-state index >= 15 is 0 Å². The zero-order chi connectivity index (χ0) is 17.8. The molecule has 6 nitrogen and oxygen atoms in total. The molecule has 1 aliphatic heterocycles. The smallest absolute Gasteiger partial charge is 0.223 e. The van der Waals surface area contributed by atoms with E-state index < -0.39 is 0 Å². The van der Waals surface area contributed by atoms with Gasteiger partial charge in [-0.1, -0.05) is 0 Å². The topological polar surface area (TPSA) is 82.6 Å². The Morgan fingerprint density at radius 2 is 1.96 bits per heavy atom. The van der Waals surface area contributed by atoms with Crippen molar-refractivity contribution >= 4 is 5.78 Å². The molecule has 2 heterocycles. The average molecular weight is 342 g/mol. The van der Waals surface area contributed by atoms with Gasteiger partial charge in [-0.15, -0.1) is 0 Å². The molecule has 0 saturated carbocycles. The number of hydrogen-bond acceptors (Lipinski definition) is 5. The molecule has 1 saturated heterocycles. The van der Waals surface area contributed by atoms with Gasteiger partial charge in [0.1, 0.15) is 5.75 Å². The summed E-state index contributed by atoms with van der Waals surface area (Å²) in [4.78, 5) is 29.2. The molecule has 1 fully saturated rings. The van der Waals surface area contributed by atoms with E-state index in [1.54, 1.807) is 7.11 Å². The maximum Gasteiger partial charge on any atom is 0.223 e. The zero-order valence-electron chi connectivity index (χ0n) is 14.2. The van der Waals surface area contributed by atoms with Crippen molar-refractivity contribution in [3.63, 3.8) is 0 Å². The van der Waals surface area contributed by atoms with Crippen LogP contribution in [0.2, 0.25) is 0 Å². The molecule has 0 bridgehead atoms. The van der Waals surface area contributed by atoms with Crippen molar-refractivity contribution in [2.24, 2.45) is 5.92 Å². The number of carbonyl (C=O) groups is 1. The van der Waals surface area contributed by atoms with Gasteiger partial charge in [-0.3, -0.25) is 14.5 Å². The zero-order valence-corrected chi connectivity index (χ0v) is 14.2. The third-order valence-corrected chi connectivity index (χ3v) is 4.68. The van der Waals surface area contributed by atoms with Crippen molar-refractivity contribution in [2.75, 3.05) is 20.2 Å². The largest absolute Gasteiger partial charge is 0.503 e. The van der Waals surface area contributed by atoms with Crippen LogP contribution in [0.3, 0.4) is 0 Å². The van der Waals surface area contributed by atoms with Gasteiger partial charge in [-0.25, -0.2) is 0 Å². The number of nitrogens with one attached hydrogen (secondary N) is 1. The van der Waals surface area contributed by atoms with Crippen LogP contribution in [0, 0.1) is 5.92 Å². The van der Waals surface area contributed by atoms with Crippen molar-refractivity contribution in [3.05, 3.63) is 58.0 Å². The maximum absolute atomic E-state index is 12.6. The van der Waals surface area contributed by atoms with Gasteiger partial charge in [0.2, 0.25) is 5.43 Å². The number of ether oxygens (including phenoxy) is 1.